The van der Waals surface area contributed by atoms with Gasteiger partial charge in [-0.2, -0.15) is 0 Å². The van der Waals surface area contributed by atoms with E-state index in [-0.39, 0.29) is 48.5 Å². The van der Waals surface area contributed by atoms with Crippen LogP contribution in [0.3, 0.4) is 0 Å². The molecule has 10 nitrogen and oxygen atoms in total. The van der Waals surface area contributed by atoms with Crippen molar-refractivity contribution in [1.29, 1.82) is 0 Å². The van der Waals surface area contributed by atoms with Crippen LogP contribution in [0.5, 0.6) is 11.5 Å². The van der Waals surface area contributed by atoms with E-state index in [2.05, 4.69) is 0 Å². The van der Waals surface area contributed by atoms with Gasteiger partial charge in [-0.25, -0.2) is 0 Å². The van der Waals surface area contributed by atoms with Crippen molar-refractivity contribution in [3.8, 4) is 22.8 Å². The maximum absolute atomic E-state index is 13.9. The lowest BCUT2D eigenvalue weighted by atomic mass is 10.0. The van der Waals surface area contributed by atoms with Gasteiger partial charge in [0.05, 0.1) is 5.39 Å². The quantitative estimate of drug-likeness (QED) is 0.0614. The van der Waals surface area contributed by atoms with E-state index in [0.717, 1.165) is 11.1 Å². The molecule has 0 aliphatic heterocycles. The summed E-state index contributed by atoms with van der Waals surface area (Å²) in [5, 5.41) is 0.0309. The van der Waals surface area contributed by atoms with E-state index in [1.54, 1.807) is 42.5 Å². The molecular formula is C41H38O10. The Morgan fingerprint density at radius 3 is 1.61 bits per heavy atom. The van der Waals surface area contributed by atoms with Crippen LogP contribution < -0.4 is 14.9 Å². The molecule has 4 aromatic carbocycles. The minimum atomic E-state index is -1.28. The standard InChI is InChI=1S/C41H38O10/c1-3-14-32(38(43)47-25-27-16-8-5-9-17-27)40(45)49-30-22-23-31-34(24-30)50-36(29-20-12-7-13-21-29)37(35(31)42)51-41(46)33(15-4-2)39(44)48-26-28-18-10-6-11-19-28/h5-13,16-24,32-33H,3-4,14-15,25-26H2,1-2H3. The van der Waals surface area contributed by atoms with Crippen molar-refractivity contribution in [2.75, 3.05) is 0 Å². The molecule has 51 heavy (non-hydrogen) atoms. The summed E-state index contributed by atoms with van der Waals surface area (Å²) in [4.78, 5) is 66.6. The van der Waals surface area contributed by atoms with Gasteiger partial charge in [0, 0.05) is 11.6 Å². The second kappa shape index (κ2) is 17.6. The molecule has 5 aromatic rings. The Bertz CT molecular complexity index is 2020. The van der Waals surface area contributed by atoms with Crippen LogP contribution in [0.1, 0.15) is 50.7 Å². The molecule has 262 valence electrons. The van der Waals surface area contributed by atoms with E-state index in [1.165, 1.54) is 18.2 Å². The van der Waals surface area contributed by atoms with E-state index in [0.29, 0.717) is 18.4 Å². The first-order valence-electron chi connectivity index (χ1n) is 16.8. The molecule has 0 N–H and O–H groups in total. The fourth-order valence-corrected chi connectivity index (χ4v) is 5.35. The predicted molar refractivity (Wildman–Crippen MR) is 188 cm³/mol. The first-order valence-corrected chi connectivity index (χ1v) is 16.8. The molecule has 1 aromatic heterocycles. The van der Waals surface area contributed by atoms with E-state index >= 15 is 0 Å². The summed E-state index contributed by atoms with van der Waals surface area (Å²) in [7, 11) is 0. The third-order valence-electron chi connectivity index (χ3n) is 8.02. The Kier molecular flexibility index (Phi) is 12.5. The number of benzene rings is 4. The first kappa shape index (κ1) is 36.3. The lowest BCUT2D eigenvalue weighted by molar-refractivity contribution is -0.160. The third kappa shape index (κ3) is 9.36. The average molecular weight is 691 g/mol. The molecule has 0 bridgehead atoms. The summed E-state index contributed by atoms with van der Waals surface area (Å²) in [6.45, 7) is 3.63. The van der Waals surface area contributed by atoms with Crippen LogP contribution in [0, 0.1) is 11.8 Å². The van der Waals surface area contributed by atoms with Crippen molar-refractivity contribution in [1.82, 2.24) is 0 Å². The number of ether oxygens (including phenoxy) is 4. The Hall–Kier alpha value is -6.03. The molecule has 0 aliphatic rings. The van der Waals surface area contributed by atoms with Gasteiger partial charge < -0.3 is 23.4 Å². The number of rotatable bonds is 15. The van der Waals surface area contributed by atoms with Crippen LogP contribution >= 0.6 is 0 Å². The second-order valence-electron chi connectivity index (χ2n) is 11.8. The largest absolute Gasteiger partial charge is 0.460 e. The Morgan fingerprint density at radius 1 is 0.608 bits per heavy atom. The molecule has 0 amide bonds. The highest BCUT2D eigenvalue weighted by atomic mass is 16.6. The number of carbonyl (C=O) groups is 4. The van der Waals surface area contributed by atoms with Crippen molar-refractivity contribution in [3.63, 3.8) is 0 Å². The summed E-state index contributed by atoms with van der Waals surface area (Å²) in [5.41, 5.74) is 1.31. The van der Waals surface area contributed by atoms with Crippen molar-refractivity contribution in [2.24, 2.45) is 11.8 Å². The van der Waals surface area contributed by atoms with Gasteiger partial charge in [0.15, 0.2) is 17.6 Å². The summed E-state index contributed by atoms with van der Waals surface area (Å²) >= 11 is 0. The van der Waals surface area contributed by atoms with Crippen LogP contribution in [0.15, 0.2) is 118 Å². The van der Waals surface area contributed by atoms with Crippen LogP contribution in [0.25, 0.3) is 22.3 Å². The third-order valence-corrected chi connectivity index (χ3v) is 8.02. The lowest BCUT2D eigenvalue weighted by Crippen LogP contribution is -2.31. The van der Waals surface area contributed by atoms with Gasteiger partial charge in [-0.3, -0.25) is 24.0 Å². The highest BCUT2D eigenvalue weighted by Crippen LogP contribution is 2.33. The zero-order chi connectivity index (χ0) is 36.2. The van der Waals surface area contributed by atoms with Gasteiger partial charge in [-0.1, -0.05) is 118 Å². The maximum Gasteiger partial charge on any atom is 0.325 e. The molecule has 0 spiro atoms. The SMILES string of the molecule is CCCC(C(=O)OCc1ccccc1)C(=O)Oc1ccc2c(=O)c(OC(=O)C(CCC)C(=O)OCc3ccccc3)c(-c3ccccc3)oc2c1. The average Bonchev–Trinajstić information content (AvgIpc) is 3.16. The van der Waals surface area contributed by atoms with Gasteiger partial charge in [0.2, 0.25) is 11.2 Å². The highest BCUT2D eigenvalue weighted by molar-refractivity contribution is 5.97. The van der Waals surface area contributed by atoms with Crippen molar-refractivity contribution in [2.45, 2.75) is 52.7 Å². The maximum atomic E-state index is 13.9. The molecular weight excluding hydrogens is 652 g/mol. The number of hydrogen-bond donors (Lipinski definition) is 0. The van der Waals surface area contributed by atoms with Crippen LogP contribution in [-0.4, -0.2) is 23.9 Å². The van der Waals surface area contributed by atoms with Gasteiger partial charge in [0.1, 0.15) is 24.5 Å². The predicted octanol–water partition coefficient (Wildman–Crippen LogP) is 7.59. The first-order chi connectivity index (χ1) is 24.8. The summed E-state index contributed by atoms with van der Waals surface area (Å²) in [6, 6.07) is 30.8. The van der Waals surface area contributed by atoms with Crippen LogP contribution in [-0.2, 0) is 41.9 Å². The normalized spacial score (nSPS) is 12.0. The molecule has 1 heterocycles. The topological polar surface area (TPSA) is 135 Å². The highest BCUT2D eigenvalue weighted by Gasteiger charge is 2.33. The number of esters is 4. The molecule has 0 fully saturated rings. The van der Waals surface area contributed by atoms with Crippen molar-refractivity contribution in [3.05, 3.63) is 131 Å². The minimum Gasteiger partial charge on any atom is -0.460 e. The molecule has 0 saturated carbocycles. The molecule has 0 aliphatic carbocycles. The minimum absolute atomic E-state index is 0.0114. The number of fused-ring (bicyclic) bond motifs is 1. The summed E-state index contributed by atoms with van der Waals surface area (Å²) < 4.78 is 28.3. The zero-order valence-corrected chi connectivity index (χ0v) is 28.4. The van der Waals surface area contributed by atoms with Gasteiger partial charge in [-0.05, 0) is 36.1 Å². The van der Waals surface area contributed by atoms with E-state index in [1.807, 2.05) is 62.4 Å². The summed E-state index contributed by atoms with van der Waals surface area (Å²) in [5.74, 6) is -6.13. The van der Waals surface area contributed by atoms with E-state index < -0.39 is 46.9 Å². The van der Waals surface area contributed by atoms with E-state index in [4.69, 9.17) is 23.4 Å². The Balaban J connectivity index is 1.40. The Labute approximate surface area is 294 Å². The molecule has 5 rings (SSSR count). The number of hydrogen-bond acceptors (Lipinski definition) is 10. The fraction of sp³-hybridized carbons (Fsp3) is 0.244. The van der Waals surface area contributed by atoms with Crippen molar-refractivity contribution < 1.29 is 42.5 Å². The molecule has 2 unspecified atom stereocenters. The molecule has 0 saturated heterocycles. The van der Waals surface area contributed by atoms with E-state index in [9.17, 15) is 24.0 Å². The van der Waals surface area contributed by atoms with Gasteiger partial charge in [-0.15, -0.1) is 0 Å². The van der Waals surface area contributed by atoms with Crippen LogP contribution in [0.4, 0.5) is 0 Å². The summed E-state index contributed by atoms with van der Waals surface area (Å²) in [6.07, 6.45) is 1.35. The van der Waals surface area contributed by atoms with Crippen molar-refractivity contribution >= 4 is 34.8 Å². The van der Waals surface area contributed by atoms with Crippen LogP contribution in [0.2, 0.25) is 0 Å². The molecule has 10 heteroatoms. The monoisotopic (exact) mass is 690 g/mol. The fourth-order valence-electron chi connectivity index (χ4n) is 5.35. The second-order valence-corrected chi connectivity index (χ2v) is 11.8. The van der Waals surface area contributed by atoms with Gasteiger partial charge >= 0.3 is 23.9 Å². The Morgan fingerprint density at radius 2 is 1.10 bits per heavy atom. The van der Waals surface area contributed by atoms with Gasteiger partial charge in [0.25, 0.3) is 0 Å². The lowest BCUT2D eigenvalue weighted by Gasteiger charge is -2.16. The number of carbonyl (C=O) groups excluding carboxylic acids is 4. The molecule has 2 atom stereocenters. The zero-order valence-electron chi connectivity index (χ0n) is 28.4. The molecule has 0 radical (unpaired) electrons. The smallest absolute Gasteiger partial charge is 0.325 e.